The number of alkyl halides is 4. The van der Waals surface area contributed by atoms with Gasteiger partial charge in [-0.2, -0.15) is 19.0 Å². The largest absolute Gasteiger partial charge is 0.346 e. The van der Waals surface area contributed by atoms with E-state index in [0.29, 0.717) is 27.2 Å². The fourth-order valence-electron chi connectivity index (χ4n) is 7.43. The molecule has 0 spiro atoms. The van der Waals surface area contributed by atoms with Crippen LogP contribution < -0.4 is 15.4 Å². The number of aromatic nitrogens is 5. The van der Waals surface area contributed by atoms with Crippen molar-refractivity contribution in [1.29, 1.82) is 0 Å². The van der Waals surface area contributed by atoms with Gasteiger partial charge in [0.25, 0.3) is 12.3 Å². The minimum Gasteiger partial charge on any atom is -0.346 e. The SMILES string of the molecule is C=S(C)(=O)Nc1nn(C)c2c(-c3cc(NC(C)=O)c(C)nc3[C@H](Cc3cc(F)cc(F)c3)NC(=O)Cn3nc(C(F)F)c4c3C(F)(F)[C@@H]3C[C@H]43)ccc(Cl)c12. The second kappa shape index (κ2) is 13.6. The number of amides is 2. The Morgan fingerprint density at radius 2 is 1.78 bits per heavy atom. The van der Waals surface area contributed by atoms with E-state index < -0.39 is 81.3 Å². The summed E-state index contributed by atoms with van der Waals surface area (Å²) in [4.78, 5) is 30.9. The Kier molecular flexibility index (Phi) is 9.43. The molecule has 1 unspecified atom stereocenters. The number of benzene rings is 2. The van der Waals surface area contributed by atoms with E-state index in [2.05, 4.69) is 31.4 Å². The smallest absolute Gasteiger partial charge is 0.293 e. The number of carbonyl (C=O) groups excluding carboxylic acids is 2. The van der Waals surface area contributed by atoms with Crippen molar-refractivity contribution in [2.75, 3.05) is 16.3 Å². The Hall–Kier alpha value is -5.10. The predicted octanol–water partition coefficient (Wildman–Crippen LogP) is 6.95. The molecule has 55 heavy (non-hydrogen) atoms. The Balaban J connectivity index is 1.39. The fraction of sp³-hybridized carbons (Fsp3) is 0.333. The van der Waals surface area contributed by atoms with Crippen LogP contribution in [0.4, 0.5) is 37.8 Å². The van der Waals surface area contributed by atoms with Gasteiger partial charge >= 0.3 is 0 Å². The third-order valence-corrected chi connectivity index (χ3v) is 10.5. The highest BCUT2D eigenvalue weighted by molar-refractivity contribution is 8.00. The molecule has 11 nitrogen and oxygen atoms in total. The molecule has 5 aromatic rings. The summed E-state index contributed by atoms with van der Waals surface area (Å²) in [5.41, 5.74) is -0.0344. The number of anilines is 2. The molecule has 19 heteroatoms. The summed E-state index contributed by atoms with van der Waals surface area (Å²) in [7, 11) is -1.25. The molecule has 0 aliphatic heterocycles. The molecule has 2 aliphatic rings. The minimum atomic E-state index is -3.49. The first-order chi connectivity index (χ1) is 25.7. The summed E-state index contributed by atoms with van der Waals surface area (Å²) < 4.78 is 105. The van der Waals surface area contributed by atoms with E-state index in [4.69, 9.17) is 16.6 Å². The standard InChI is InChI=1S/C36H33ClF6N8O3S/c1-15-25(45-16(2)52)13-21(20-6-7-24(37)29-32(20)50(3)48-35(29)49-55(4,5)54)30(44-15)26(10-17-8-18(38)11-19(39)9-17)46-27(53)14-51-33-28(31(47-51)34(40)41)22-12-23(22)36(33,42)43/h6-9,11,13,22-23,26,34H,4,10,12,14H2,1-3,5H3,(H,45,52)(H,46,53)(H,48,49,54)/t22-,23+,26-,55?/m0/s1. The van der Waals surface area contributed by atoms with Gasteiger partial charge in [-0.15, -0.1) is 0 Å². The predicted molar refractivity (Wildman–Crippen MR) is 196 cm³/mol. The van der Waals surface area contributed by atoms with Crippen molar-refractivity contribution in [2.45, 2.75) is 57.5 Å². The van der Waals surface area contributed by atoms with E-state index in [1.165, 1.54) is 23.9 Å². The molecule has 4 atom stereocenters. The summed E-state index contributed by atoms with van der Waals surface area (Å²) >= 11 is 6.65. The number of hydrogen-bond acceptors (Lipinski definition) is 6. The number of nitrogens with one attached hydrogen (secondary N) is 3. The maximum atomic E-state index is 15.4. The number of fused-ring (bicyclic) bond motifs is 4. The van der Waals surface area contributed by atoms with Gasteiger partial charge in [0.15, 0.2) is 5.82 Å². The van der Waals surface area contributed by atoms with Crippen LogP contribution in [0.5, 0.6) is 0 Å². The number of halogens is 7. The third-order valence-electron chi connectivity index (χ3n) is 9.58. The minimum absolute atomic E-state index is 0.0328. The fourth-order valence-corrected chi connectivity index (χ4v) is 8.22. The van der Waals surface area contributed by atoms with E-state index in [-0.39, 0.29) is 57.4 Å². The number of pyridine rings is 1. The Morgan fingerprint density at radius 3 is 2.42 bits per heavy atom. The van der Waals surface area contributed by atoms with E-state index in [9.17, 15) is 31.4 Å². The topological polar surface area (TPSA) is 136 Å². The third kappa shape index (κ3) is 7.12. The van der Waals surface area contributed by atoms with Crippen molar-refractivity contribution >= 4 is 61.4 Å². The quantitative estimate of drug-likeness (QED) is 0.0978. The summed E-state index contributed by atoms with van der Waals surface area (Å²) in [5, 5.41) is 14.2. The van der Waals surface area contributed by atoms with Crippen LogP contribution in [0.2, 0.25) is 5.02 Å². The Morgan fingerprint density at radius 1 is 1.09 bits per heavy atom. The summed E-state index contributed by atoms with van der Waals surface area (Å²) in [6.45, 7) is 1.97. The molecule has 7 rings (SSSR count). The van der Waals surface area contributed by atoms with Crippen molar-refractivity contribution < 1.29 is 40.1 Å². The van der Waals surface area contributed by atoms with Crippen LogP contribution in [0.25, 0.3) is 22.0 Å². The highest BCUT2D eigenvalue weighted by Gasteiger charge is 2.67. The number of nitrogens with zero attached hydrogens (tertiary/aromatic N) is 5. The van der Waals surface area contributed by atoms with Crippen LogP contribution in [0, 0.1) is 24.5 Å². The molecule has 0 saturated heterocycles. The lowest BCUT2D eigenvalue weighted by molar-refractivity contribution is -0.123. The van der Waals surface area contributed by atoms with Gasteiger partial charge in [0.1, 0.15) is 29.6 Å². The van der Waals surface area contributed by atoms with Crippen molar-refractivity contribution in [2.24, 2.45) is 13.0 Å². The average molecular weight is 807 g/mol. The lowest BCUT2D eigenvalue weighted by Gasteiger charge is -2.24. The maximum Gasteiger partial charge on any atom is 0.293 e. The molecule has 2 amide bonds. The first kappa shape index (κ1) is 38.2. The molecular formula is C36H33ClF6N8O3S. The van der Waals surface area contributed by atoms with Gasteiger partial charge in [-0.05, 0) is 61.4 Å². The number of rotatable bonds is 11. The van der Waals surface area contributed by atoms with Gasteiger partial charge in [-0.25, -0.2) is 21.8 Å². The molecule has 290 valence electrons. The van der Waals surface area contributed by atoms with Crippen molar-refractivity contribution in [3.05, 3.63) is 87.0 Å². The molecule has 2 aromatic carbocycles. The second-order valence-corrected chi connectivity index (χ2v) is 16.5. The normalized spacial score (nSPS) is 18.5. The molecule has 1 saturated carbocycles. The highest BCUT2D eigenvalue weighted by Crippen LogP contribution is 2.68. The Bertz CT molecular complexity index is 2520. The van der Waals surface area contributed by atoms with Crippen molar-refractivity contribution in [1.82, 2.24) is 29.9 Å². The van der Waals surface area contributed by atoms with Gasteiger partial charge in [-0.3, -0.25) is 28.7 Å². The Labute approximate surface area is 315 Å². The molecule has 2 aliphatic carbocycles. The van der Waals surface area contributed by atoms with Crippen LogP contribution in [0.15, 0.2) is 36.4 Å². The van der Waals surface area contributed by atoms with Gasteiger partial charge < -0.3 is 10.6 Å². The lowest BCUT2D eigenvalue weighted by Crippen LogP contribution is -2.35. The van der Waals surface area contributed by atoms with Crippen molar-refractivity contribution in [3.8, 4) is 11.1 Å². The van der Waals surface area contributed by atoms with Gasteiger partial charge in [0.2, 0.25) is 11.8 Å². The summed E-state index contributed by atoms with van der Waals surface area (Å²) in [6.07, 6.45) is -2.05. The molecule has 1 fully saturated rings. The van der Waals surface area contributed by atoms with E-state index in [0.717, 1.165) is 12.1 Å². The van der Waals surface area contributed by atoms with E-state index in [1.54, 1.807) is 26.1 Å². The molecular weight excluding hydrogens is 774 g/mol. The zero-order valence-corrected chi connectivity index (χ0v) is 31.2. The lowest BCUT2D eigenvalue weighted by atomic mass is 9.93. The number of aryl methyl sites for hydroxylation is 2. The zero-order valence-electron chi connectivity index (χ0n) is 29.6. The van der Waals surface area contributed by atoms with Crippen LogP contribution in [0.1, 0.15) is 65.6 Å². The monoisotopic (exact) mass is 806 g/mol. The molecule has 3 N–H and O–H groups in total. The van der Waals surface area contributed by atoms with Crippen molar-refractivity contribution in [3.63, 3.8) is 0 Å². The van der Waals surface area contributed by atoms with Crippen LogP contribution in [0.3, 0.4) is 0 Å². The number of hydrogen-bond donors (Lipinski definition) is 3. The first-order valence-electron chi connectivity index (χ1n) is 16.8. The average Bonchev–Trinajstić information content (AvgIpc) is 3.60. The molecule has 3 aromatic heterocycles. The van der Waals surface area contributed by atoms with E-state index in [1.807, 2.05) is 0 Å². The van der Waals surface area contributed by atoms with Gasteiger partial charge in [-0.1, -0.05) is 17.7 Å². The van der Waals surface area contributed by atoms with E-state index >= 15 is 8.78 Å². The van der Waals surface area contributed by atoms with Crippen LogP contribution in [-0.2, 0) is 45.2 Å². The molecule has 3 heterocycles. The highest BCUT2D eigenvalue weighted by atomic mass is 35.5. The molecule has 0 radical (unpaired) electrons. The van der Waals surface area contributed by atoms with Gasteiger partial charge in [0, 0.05) is 58.6 Å². The van der Waals surface area contributed by atoms with Gasteiger partial charge in [0.05, 0.1) is 39.0 Å². The summed E-state index contributed by atoms with van der Waals surface area (Å²) in [6, 6.07) is 6.21. The van der Waals surface area contributed by atoms with Crippen LogP contribution in [-0.4, -0.2) is 52.7 Å². The second-order valence-electron chi connectivity index (χ2n) is 13.9. The molecule has 0 bridgehead atoms. The first-order valence-corrected chi connectivity index (χ1v) is 19.3. The number of carbonyl (C=O) groups is 2. The maximum absolute atomic E-state index is 15.4. The summed E-state index contributed by atoms with van der Waals surface area (Å²) in [5.74, 6) is -4.86. The zero-order chi connectivity index (χ0) is 39.9. The van der Waals surface area contributed by atoms with Crippen LogP contribution >= 0.6 is 11.6 Å².